The van der Waals surface area contributed by atoms with E-state index in [1.165, 1.54) is 0 Å². The van der Waals surface area contributed by atoms with Gasteiger partial charge in [-0.15, -0.1) is 0 Å². The third-order valence-electron chi connectivity index (χ3n) is 7.56. The van der Waals surface area contributed by atoms with Gasteiger partial charge in [-0.25, -0.2) is 0 Å². The Balaban J connectivity index is 1.49. The van der Waals surface area contributed by atoms with Crippen LogP contribution in [0.1, 0.15) is 47.2 Å². The number of ketones is 2. The number of nitrogens with one attached hydrogen (secondary N) is 2. The normalized spacial score (nSPS) is 21.4. The van der Waals surface area contributed by atoms with E-state index in [4.69, 9.17) is 0 Å². The number of benzene rings is 3. The Labute approximate surface area is 232 Å². The number of hydrogen-bond acceptors (Lipinski definition) is 5. The Morgan fingerprint density at radius 3 is 1.68 bits per heavy atom. The van der Waals surface area contributed by atoms with Gasteiger partial charge >= 0.3 is 12.4 Å². The molecule has 0 bridgehead atoms. The number of carbonyl (C=O) groups is 2. The Kier molecular flexibility index (Phi) is 7.93. The Morgan fingerprint density at radius 2 is 1.17 bits per heavy atom. The predicted octanol–water partition coefficient (Wildman–Crippen LogP) is 6.19. The van der Waals surface area contributed by atoms with Crippen LogP contribution >= 0.6 is 0 Å². The molecule has 11 heteroatoms. The summed E-state index contributed by atoms with van der Waals surface area (Å²) in [6, 6.07) is 16.6. The number of Topliss-reactive ketones (excluding diaryl/α,β-unsaturated/α-hetero) is 2. The van der Waals surface area contributed by atoms with Gasteiger partial charge in [0.15, 0.2) is 0 Å². The van der Waals surface area contributed by atoms with Crippen LogP contribution < -0.4 is 10.6 Å². The molecule has 2 N–H and O–H groups in total. The maximum Gasteiger partial charge on any atom is 0.416 e. The number of anilines is 1. The minimum Gasteiger partial charge on any atom is -0.373 e. The Morgan fingerprint density at radius 1 is 0.683 bits per heavy atom. The summed E-state index contributed by atoms with van der Waals surface area (Å²) in [5, 5.41) is 5.76. The second-order valence-electron chi connectivity index (χ2n) is 10.3. The van der Waals surface area contributed by atoms with Crippen LogP contribution in [-0.2, 0) is 21.9 Å². The molecule has 3 aromatic carbocycles. The first-order valence-corrected chi connectivity index (χ1v) is 13.2. The topological polar surface area (TPSA) is 61.4 Å². The summed E-state index contributed by atoms with van der Waals surface area (Å²) in [4.78, 5) is 27.8. The van der Waals surface area contributed by atoms with E-state index >= 15 is 0 Å². The number of alkyl halides is 6. The second-order valence-corrected chi connectivity index (χ2v) is 10.3. The average molecular weight is 576 g/mol. The van der Waals surface area contributed by atoms with Gasteiger partial charge < -0.3 is 5.32 Å². The largest absolute Gasteiger partial charge is 0.416 e. The molecular formula is C30H27F6N3O2. The van der Waals surface area contributed by atoms with E-state index in [1.54, 1.807) is 0 Å². The summed E-state index contributed by atoms with van der Waals surface area (Å²) in [6.07, 6.45) is -8.14. The third-order valence-corrected chi connectivity index (χ3v) is 7.56. The molecule has 1 aliphatic carbocycles. The van der Waals surface area contributed by atoms with Crippen LogP contribution in [0.25, 0.3) is 0 Å². The lowest BCUT2D eigenvalue weighted by Crippen LogP contribution is -2.68. The summed E-state index contributed by atoms with van der Waals surface area (Å²) >= 11 is 0. The van der Waals surface area contributed by atoms with E-state index in [9.17, 15) is 35.9 Å². The van der Waals surface area contributed by atoms with Crippen molar-refractivity contribution in [2.75, 3.05) is 18.4 Å². The highest BCUT2D eigenvalue weighted by molar-refractivity contribution is 6.49. The predicted molar refractivity (Wildman–Crippen MR) is 140 cm³/mol. The van der Waals surface area contributed by atoms with Gasteiger partial charge in [-0.1, -0.05) is 60.7 Å². The summed E-state index contributed by atoms with van der Waals surface area (Å²) in [5.74, 6) is -1.71. The standard InChI is InChI=1S/C30H27F6N3O2/c31-29(32,33)20-15-21(30(34,35)36)17-22(16-20)37-24-25(28(41)27(24)40)38-23(18-9-3-1-4-10-18)26(39-13-7-8-14-39)19-11-5-2-6-12-19/h1-6,9-12,15-17,23-26,37-38H,7-8,13-14H2/t23-,24?,25?,26-/m0/s1. The van der Waals surface area contributed by atoms with Crippen LogP contribution in [0.3, 0.4) is 0 Å². The molecular weight excluding hydrogens is 548 g/mol. The van der Waals surface area contributed by atoms with Crippen molar-refractivity contribution in [3.8, 4) is 0 Å². The summed E-state index contributed by atoms with van der Waals surface area (Å²) in [6.45, 7) is 1.60. The van der Waals surface area contributed by atoms with Crippen LogP contribution in [-0.4, -0.2) is 41.6 Å². The van der Waals surface area contributed by atoms with Crippen molar-refractivity contribution in [3.63, 3.8) is 0 Å². The molecule has 1 saturated carbocycles. The number of rotatable bonds is 8. The van der Waals surface area contributed by atoms with E-state index in [0.717, 1.165) is 37.1 Å². The number of carbonyl (C=O) groups excluding carboxylic acids is 2. The third kappa shape index (κ3) is 6.15. The smallest absolute Gasteiger partial charge is 0.373 e. The lowest BCUT2D eigenvalue weighted by atomic mass is 9.80. The second kappa shape index (κ2) is 11.3. The molecule has 1 heterocycles. The quantitative estimate of drug-likeness (QED) is 0.248. The number of nitrogens with zero attached hydrogens (tertiary/aromatic N) is 1. The molecule has 3 aromatic rings. The van der Waals surface area contributed by atoms with Gasteiger partial charge in [-0.3, -0.25) is 19.8 Å². The first-order valence-electron chi connectivity index (χ1n) is 13.2. The zero-order chi connectivity index (χ0) is 29.4. The van der Waals surface area contributed by atoms with Gasteiger partial charge in [0, 0.05) is 5.69 Å². The van der Waals surface area contributed by atoms with E-state index < -0.39 is 58.9 Å². The Hall–Kier alpha value is -3.70. The maximum absolute atomic E-state index is 13.4. The van der Waals surface area contributed by atoms with Crippen molar-refractivity contribution in [1.82, 2.24) is 10.2 Å². The molecule has 0 amide bonds. The van der Waals surface area contributed by atoms with E-state index in [0.29, 0.717) is 12.1 Å². The van der Waals surface area contributed by atoms with Gasteiger partial charge in [-0.2, -0.15) is 26.3 Å². The SMILES string of the molecule is O=C1C(=O)C(N[C@@H](c2ccccc2)[C@H](c2ccccc2)N2CCCC2)C1Nc1cc(C(F)(F)F)cc(C(F)(F)F)c1. The first kappa shape index (κ1) is 28.8. The van der Waals surface area contributed by atoms with Gasteiger partial charge in [0.2, 0.25) is 11.6 Å². The van der Waals surface area contributed by atoms with Crippen LogP contribution in [0.2, 0.25) is 0 Å². The average Bonchev–Trinajstić information content (AvgIpc) is 3.48. The van der Waals surface area contributed by atoms with E-state index in [1.807, 2.05) is 60.7 Å². The van der Waals surface area contributed by atoms with E-state index in [2.05, 4.69) is 15.5 Å². The van der Waals surface area contributed by atoms with Crippen molar-refractivity contribution in [2.45, 2.75) is 49.4 Å². The van der Waals surface area contributed by atoms with Gasteiger partial charge in [0.1, 0.15) is 12.1 Å². The van der Waals surface area contributed by atoms with Crippen molar-refractivity contribution in [3.05, 3.63) is 101 Å². The molecule has 216 valence electrons. The zero-order valence-electron chi connectivity index (χ0n) is 21.7. The lowest BCUT2D eigenvalue weighted by molar-refractivity contribution is -0.146. The van der Waals surface area contributed by atoms with Crippen molar-refractivity contribution in [1.29, 1.82) is 0 Å². The van der Waals surface area contributed by atoms with E-state index in [-0.39, 0.29) is 12.1 Å². The minimum absolute atomic E-state index is 0.0145. The number of likely N-dealkylation sites (tertiary alicyclic amines) is 1. The van der Waals surface area contributed by atoms with Crippen LogP contribution in [0.5, 0.6) is 0 Å². The fraction of sp³-hybridized carbons (Fsp3) is 0.333. The van der Waals surface area contributed by atoms with Crippen LogP contribution in [0.4, 0.5) is 32.0 Å². The molecule has 5 nitrogen and oxygen atoms in total. The molecule has 1 saturated heterocycles. The lowest BCUT2D eigenvalue weighted by Gasteiger charge is -2.42. The van der Waals surface area contributed by atoms with Crippen molar-refractivity contribution in [2.24, 2.45) is 0 Å². The number of hydrogen-bond donors (Lipinski definition) is 2. The summed E-state index contributed by atoms with van der Waals surface area (Å²) in [5.41, 5.74) is -1.81. The highest BCUT2D eigenvalue weighted by Gasteiger charge is 2.51. The van der Waals surface area contributed by atoms with Crippen molar-refractivity contribution < 1.29 is 35.9 Å². The first-order chi connectivity index (χ1) is 19.4. The van der Waals surface area contributed by atoms with Gasteiger partial charge in [-0.05, 0) is 55.3 Å². The molecule has 2 fully saturated rings. The molecule has 4 atom stereocenters. The molecule has 5 rings (SSSR count). The molecule has 0 spiro atoms. The van der Waals surface area contributed by atoms with Gasteiger partial charge in [0.25, 0.3) is 0 Å². The molecule has 1 aliphatic heterocycles. The minimum atomic E-state index is -5.05. The molecule has 0 aromatic heterocycles. The molecule has 2 aliphatic rings. The molecule has 41 heavy (non-hydrogen) atoms. The zero-order valence-corrected chi connectivity index (χ0v) is 21.7. The maximum atomic E-state index is 13.4. The molecule has 0 radical (unpaired) electrons. The highest BCUT2D eigenvalue weighted by atomic mass is 19.4. The van der Waals surface area contributed by atoms with Crippen LogP contribution in [0.15, 0.2) is 78.9 Å². The number of halogens is 6. The monoisotopic (exact) mass is 575 g/mol. The fourth-order valence-electron chi connectivity index (χ4n) is 5.56. The van der Waals surface area contributed by atoms with Crippen LogP contribution in [0, 0.1) is 0 Å². The van der Waals surface area contributed by atoms with Gasteiger partial charge in [0.05, 0.1) is 23.2 Å². The summed E-state index contributed by atoms with van der Waals surface area (Å²) in [7, 11) is 0. The Bertz CT molecular complexity index is 1360. The fourth-order valence-corrected chi connectivity index (χ4v) is 5.56. The summed E-state index contributed by atoms with van der Waals surface area (Å²) < 4.78 is 80.5. The highest BCUT2D eigenvalue weighted by Crippen LogP contribution is 2.40. The van der Waals surface area contributed by atoms with Crippen molar-refractivity contribution >= 4 is 17.3 Å². The molecule has 2 unspecified atom stereocenters.